The molecule has 1 N–H and O–H groups in total. The molecule has 0 radical (unpaired) electrons. The SMILES string of the molecule is COc1ccc(C(C)NC(=O)c2ccc(S(=O)(=O)N3CCOCC3)o2)cc1OC. The molecule has 9 nitrogen and oxygen atoms in total. The third-order valence-corrected chi connectivity index (χ3v) is 6.40. The number of sulfonamides is 1. The van der Waals surface area contributed by atoms with Crippen molar-refractivity contribution in [3.63, 3.8) is 0 Å². The van der Waals surface area contributed by atoms with Crippen LogP contribution in [0.4, 0.5) is 0 Å². The molecule has 1 saturated heterocycles. The summed E-state index contributed by atoms with van der Waals surface area (Å²) in [6, 6.07) is 7.59. The minimum Gasteiger partial charge on any atom is -0.493 e. The van der Waals surface area contributed by atoms with Crippen molar-refractivity contribution in [3.05, 3.63) is 41.7 Å². The molecular formula is C19H24N2O7S. The maximum atomic E-state index is 12.6. The van der Waals surface area contributed by atoms with Gasteiger partial charge in [-0.2, -0.15) is 4.31 Å². The summed E-state index contributed by atoms with van der Waals surface area (Å²) in [6.45, 7) is 2.96. The summed E-state index contributed by atoms with van der Waals surface area (Å²) in [5.74, 6) is 0.529. The normalized spacial score (nSPS) is 16.2. The smallest absolute Gasteiger partial charge is 0.287 e. The summed E-state index contributed by atoms with van der Waals surface area (Å²) in [5.41, 5.74) is 0.795. The Morgan fingerprint density at radius 2 is 1.79 bits per heavy atom. The molecule has 1 aliphatic heterocycles. The van der Waals surface area contributed by atoms with Crippen LogP contribution in [0.25, 0.3) is 0 Å². The summed E-state index contributed by atoms with van der Waals surface area (Å²) in [4.78, 5) is 12.5. The first-order valence-corrected chi connectivity index (χ1v) is 10.5. The molecule has 29 heavy (non-hydrogen) atoms. The van der Waals surface area contributed by atoms with Gasteiger partial charge in [0.25, 0.3) is 15.9 Å². The molecule has 0 aliphatic carbocycles. The number of rotatable bonds is 7. The van der Waals surface area contributed by atoms with Crippen LogP contribution in [0.2, 0.25) is 0 Å². The second kappa shape index (κ2) is 8.85. The minimum absolute atomic E-state index is 0.0795. The van der Waals surface area contributed by atoms with E-state index >= 15 is 0 Å². The molecule has 1 aromatic heterocycles. The molecule has 3 rings (SSSR count). The van der Waals surface area contributed by atoms with Gasteiger partial charge in [0.15, 0.2) is 17.3 Å². The molecule has 0 bridgehead atoms. The van der Waals surface area contributed by atoms with Crippen molar-refractivity contribution in [2.24, 2.45) is 0 Å². The number of benzene rings is 1. The largest absolute Gasteiger partial charge is 0.493 e. The van der Waals surface area contributed by atoms with E-state index in [-0.39, 0.29) is 30.0 Å². The van der Waals surface area contributed by atoms with Gasteiger partial charge in [-0.1, -0.05) is 6.07 Å². The van der Waals surface area contributed by atoms with Crippen LogP contribution in [-0.2, 0) is 14.8 Å². The van der Waals surface area contributed by atoms with Gasteiger partial charge in [-0.3, -0.25) is 4.79 Å². The van der Waals surface area contributed by atoms with E-state index in [9.17, 15) is 13.2 Å². The Hall–Kier alpha value is -2.56. The minimum atomic E-state index is -3.80. The van der Waals surface area contributed by atoms with Gasteiger partial charge in [0, 0.05) is 13.1 Å². The number of morpholine rings is 1. The van der Waals surface area contributed by atoms with E-state index in [1.165, 1.54) is 23.5 Å². The number of methoxy groups -OCH3 is 2. The molecule has 0 saturated carbocycles. The van der Waals surface area contributed by atoms with Crippen LogP contribution >= 0.6 is 0 Å². The summed E-state index contributed by atoms with van der Waals surface area (Å²) >= 11 is 0. The van der Waals surface area contributed by atoms with E-state index in [0.717, 1.165) is 5.56 Å². The number of ether oxygens (including phenoxy) is 3. The first-order valence-electron chi connectivity index (χ1n) is 9.07. The molecule has 10 heteroatoms. The average Bonchev–Trinajstić information content (AvgIpc) is 3.25. The lowest BCUT2D eigenvalue weighted by molar-refractivity contribution is 0.0722. The Morgan fingerprint density at radius 1 is 1.10 bits per heavy atom. The third kappa shape index (κ3) is 4.55. The maximum Gasteiger partial charge on any atom is 0.287 e. The molecule has 1 aliphatic rings. The van der Waals surface area contributed by atoms with E-state index in [1.807, 2.05) is 6.07 Å². The second-order valence-electron chi connectivity index (χ2n) is 6.44. The van der Waals surface area contributed by atoms with Crippen LogP contribution in [-0.4, -0.2) is 59.2 Å². The Bertz CT molecular complexity index is 965. The number of nitrogens with one attached hydrogen (secondary N) is 1. The molecule has 1 atom stereocenters. The van der Waals surface area contributed by atoms with Crippen molar-refractivity contribution in [3.8, 4) is 11.5 Å². The number of furan rings is 1. The molecule has 1 aromatic carbocycles. The number of nitrogens with zero attached hydrogens (tertiary/aromatic N) is 1. The number of hydrogen-bond donors (Lipinski definition) is 1. The molecular weight excluding hydrogens is 400 g/mol. The zero-order valence-electron chi connectivity index (χ0n) is 16.5. The highest BCUT2D eigenvalue weighted by atomic mass is 32.2. The summed E-state index contributed by atoms with van der Waals surface area (Å²) in [5, 5.41) is 2.53. The maximum absolute atomic E-state index is 12.6. The van der Waals surface area contributed by atoms with E-state index < -0.39 is 15.9 Å². The van der Waals surface area contributed by atoms with Gasteiger partial charge in [-0.05, 0) is 36.8 Å². The van der Waals surface area contributed by atoms with Gasteiger partial charge < -0.3 is 23.9 Å². The Morgan fingerprint density at radius 3 is 2.45 bits per heavy atom. The first-order chi connectivity index (χ1) is 13.9. The predicted molar refractivity (Wildman–Crippen MR) is 104 cm³/mol. The van der Waals surface area contributed by atoms with Crippen molar-refractivity contribution >= 4 is 15.9 Å². The lowest BCUT2D eigenvalue weighted by Gasteiger charge is -2.24. The van der Waals surface area contributed by atoms with Crippen molar-refractivity contribution in [2.45, 2.75) is 18.1 Å². The third-order valence-electron chi connectivity index (χ3n) is 4.62. The Balaban J connectivity index is 1.71. The van der Waals surface area contributed by atoms with E-state index in [2.05, 4.69) is 5.32 Å². The summed E-state index contributed by atoms with van der Waals surface area (Å²) < 4.78 is 47.5. The van der Waals surface area contributed by atoms with Crippen LogP contribution in [0.15, 0.2) is 39.8 Å². The van der Waals surface area contributed by atoms with Crippen LogP contribution in [0.3, 0.4) is 0 Å². The predicted octanol–water partition coefficient (Wildman–Crippen LogP) is 1.81. The number of carbonyl (C=O) groups excluding carboxylic acids is 1. The highest BCUT2D eigenvalue weighted by Crippen LogP contribution is 2.30. The van der Waals surface area contributed by atoms with E-state index in [0.29, 0.717) is 24.7 Å². The van der Waals surface area contributed by atoms with Gasteiger partial charge in [-0.25, -0.2) is 8.42 Å². The second-order valence-corrected chi connectivity index (χ2v) is 8.31. The zero-order chi connectivity index (χ0) is 21.0. The fourth-order valence-corrected chi connectivity index (χ4v) is 4.29. The lowest BCUT2D eigenvalue weighted by atomic mass is 10.1. The van der Waals surface area contributed by atoms with Gasteiger partial charge in [0.2, 0.25) is 5.09 Å². The number of carbonyl (C=O) groups is 1. The van der Waals surface area contributed by atoms with Gasteiger partial charge in [0.1, 0.15) is 0 Å². The van der Waals surface area contributed by atoms with E-state index in [4.69, 9.17) is 18.6 Å². The number of amides is 1. The standard InChI is InChI=1S/C19H24N2O7S/c1-13(14-4-5-15(25-2)17(12-14)26-3)20-19(22)16-6-7-18(28-16)29(23,24)21-8-10-27-11-9-21/h4-7,12-13H,8-11H2,1-3H3,(H,20,22). The molecule has 0 spiro atoms. The van der Waals surface area contributed by atoms with Crippen molar-refractivity contribution < 1.29 is 31.8 Å². The Kier molecular flexibility index (Phi) is 6.46. The van der Waals surface area contributed by atoms with Crippen LogP contribution < -0.4 is 14.8 Å². The highest BCUT2D eigenvalue weighted by Gasteiger charge is 2.30. The molecule has 158 valence electrons. The molecule has 2 heterocycles. The topological polar surface area (TPSA) is 107 Å². The molecule has 2 aromatic rings. The van der Waals surface area contributed by atoms with Crippen molar-refractivity contribution in [1.29, 1.82) is 0 Å². The molecule has 1 unspecified atom stereocenters. The average molecular weight is 424 g/mol. The lowest BCUT2D eigenvalue weighted by Crippen LogP contribution is -2.40. The van der Waals surface area contributed by atoms with Crippen molar-refractivity contribution in [2.75, 3.05) is 40.5 Å². The Labute approximate surface area is 169 Å². The first kappa shape index (κ1) is 21.2. The highest BCUT2D eigenvalue weighted by molar-refractivity contribution is 7.89. The summed E-state index contributed by atoms with van der Waals surface area (Å²) in [7, 11) is -0.720. The molecule has 1 amide bonds. The molecule has 1 fully saturated rings. The summed E-state index contributed by atoms with van der Waals surface area (Å²) in [6.07, 6.45) is 0. The monoisotopic (exact) mass is 424 g/mol. The van der Waals surface area contributed by atoms with Gasteiger partial charge in [-0.15, -0.1) is 0 Å². The zero-order valence-corrected chi connectivity index (χ0v) is 17.3. The van der Waals surface area contributed by atoms with Crippen LogP contribution in [0.5, 0.6) is 11.5 Å². The van der Waals surface area contributed by atoms with Crippen molar-refractivity contribution in [1.82, 2.24) is 9.62 Å². The fraction of sp³-hybridized carbons (Fsp3) is 0.421. The van der Waals surface area contributed by atoms with Crippen LogP contribution in [0.1, 0.15) is 29.1 Å². The fourth-order valence-electron chi connectivity index (χ4n) is 2.97. The number of hydrogen-bond acceptors (Lipinski definition) is 7. The van der Waals surface area contributed by atoms with Crippen LogP contribution in [0, 0.1) is 0 Å². The van der Waals surface area contributed by atoms with E-state index in [1.54, 1.807) is 26.2 Å². The quantitative estimate of drug-likeness (QED) is 0.722. The van der Waals surface area contributed by atoms with Gasteiger partial charge >= 0.3 is 0 Å². The van der Waals surface area contributed by atoms with Gasteiger partial charge in [0.05, 0.1) is 33.5 Å².